The average Bonchev–Trinajstić information content (AvgIpc) is 2.26. The van der Waals surface area contributed by atoms with Gasteiger partial charge in [-0.1, -0.05) is 25.4 Å². The van der Waals surface area contributed by atoms with Crippen LogP contribution in [0.25, 0.3) is 0 Å². The number of benzene rings is 1. The summed E-state index contributed by atoms with van der Waals surface area (Å²) in [7, 11) is -3.93. The van der Waals surface area contributed by atoms with Gasteiger partial charge in [0.15, 0.2) is 0 Å². The molecule has 20 heavy (non-hydrogen) atoms. The molecule has 0 aromatic heterocycles. The van der Waals surface area contributed by atoms with Crippen LogP contribution in [0, 0.1) is 5.92 Å². The molecule has 3 N–H and O–H groups in total. The fraction of sp³-hybridized carbons (Fsp3) is 0.417. The van der Waals surface area contributed by atoms with Gasteiger partial charge in [-0.3, -0.25) is 4.79 Å². The quantitative estimate of drug-likeness (QED) is 0.818. The van der Waals surface area contributed by atoms with Gasteiger partial charge < -0.3 is 5.32 Å². The van der Waals surface area contributed by atoms with E-state index in [0.717, 1.165) is 6.42 Å². The highest BCUT2D eigenvalue weighted by Crippen LogP contribution is 2.28. The molecule has 8 heteroatoms. The topological polar surface area (TPSA) is 89.3 Å². The molecule has 0 heterocycles. The van der Waals surface area contributed by atoms with Gasteiger partial charge in [0, 0.05) is 11.0 Å². The van der Waals surface area contributed by atoms with Crippen molar-refractivity contribution in [2.75, 3.05) is 6.54 Å². The lowest BCUT2D eigenvalue weighted by Crippen LogP contribution is -2.26. The first-order chi connectivity index (χ1) is 9.12. The highest BCUT2D eigenvalue weighted by molar-refractivity contribution is 9.10. The average molecular weight is 384 g/mol. The number of halogens is 2. The van der Waals surface area contributed by atoms with Gasteiger partial charge in [-0.2, -0.15) is 0 Å². The van der Waals surface area contributed by atoms with E-state index in [1.807, 2.05) is 13.8 Å². The zero-order chi connectivity index (χ0) is 15.5. The van der Waals surface area contributed by atoms with E-state index in [9.17, 15) is 13.2 Å². The van der Waals surface area contributed by atoms with Crippen molar-refractivity contribution in [1.29, 1.82) is 0 Å². The molecule has 0 spiro atoms. The summed E-state index contributed by atoms with van der Waals surface area (Å²) in [6.07, 6.45) is 0.821. The van der Waals surface area contributed by atoms with Crippen LogP contribution in [0.4, 0.5) is 0 Å². The summed E-state index contributed by atoms with van der Waals surface area (Å²) in [5.41, 5.74) is 0.0858. The Morgan fingerprint density at radius 1 is 1.45 bits per heavy atom. The third-order valence-corrected chi connectivity index (χ3v) is 4.76. The molecule has 0 unspecified atom stereocenters. The zero-order valence-corrected chi connectivity index (χ0v) is 14.3. The minimum atomic E-state index is -3.93. The monoisotopic (exact) mass is 382 g/mol. The first-order valence-corrected chi connectivity index (χ1v) is 8.64. The van der Waals surface area contributed by atoms with Crippen LogP contribution in [0.2, 0.25) is 5.02 Å². The molecular weight excluding hydrogens is 368 g/mol. The molecule has 1 aromatic rings. The molecule has 0 saturated carbocycles. The van der Waals surface area contributed by atoms with Crippen molar-refractivity contribution in [2.24, 2.45) is 11.1 Å². The Morgan fingerprint density at radius 2 is 2.05 bits per heavy atom. The number of hydrogen-bond donors (Lipinski definition) is 2. The minimum absolute atomic E-state index is 0.0858. The fourth-order valence-electron chi connectivity index (χ4n) is 1.49. The molecule has 0 atom stereocenters. The van der Waals surface area contributed by atoms with Gasteiger partial charge in [0.05, 0.1) is 15.5 Å². The number of nitrogens with two attached hydrogens (primary N) is 1. The van der Waals surface area contributed by atoms with Crippen LogP contribution >= 0.6 is 27.5 Å². The SMILES string of the molecule is CC(C)CCNC(=O)c1cc(S(N)(=O)=O)c(Br)cc1Cl. The van der Waals surface area contributed by atoms with Gasteiger partial charge in [0.2, 0.25) is 10.0 Å². The maximum Gasteiger partial charge on any atom is 0.252 e. The largest absolute Gasteiger partial charge is 0.352 e. The van der Waals surface area contributed by atoms with Crippen LogP contribution in [0.3, 0.4) is 0 Å². The van der Waals surface area contributed by atoms with E-state index in [4.69, 9.17) is 16.7 Å². The Hall–Kier alpha value is -0.630. The van der Waals surface area contributed by atoms with E-state index in [1.165, 1.54) is 12.1 Å². The minimum Gasteiger partial charge on any atom is -0.352 e. The van der Waals surface area contributed by atoms with Gasteiger partial charge >= 0.3 is 0 Å². The molecule has 0 bridgehead atoms. The Kier molecular flexibility index (Phi) is 6.00. The molecule has 5 nitrogen and oxygen atoms in total. The van der Waals surface area contributed by atoms with Gasteiger partial charge in [0.1, 0.15) is 0 Å². The lowest BCUT2D eigenvalue weighted by molar-refractivity contribution is 0.0952. The van der Waals surface area contributed by atoms with E-state index in [1.54, 1.807) is 0 Å². The van der Waals surface area contributed by atoms with Crippen molar-refractivity contribution in [3.8, 4) is 0 Å². The Morgan fingerprint density at radius 3 is 2.55 bits per heavy atom. The Labute approximate surface area is 132 Å². The Bertz CT molecular complexity index is 617. The van der Waals surface area contributed by atoms with Crippen molar-refractivity contribution in [2.45, 2.75) is 25.2 Å². The number of primary sulfonamides is 1. The molecule has 1 aromatic carbocycles. The van der Waals surface area contributed by atoms with E-state index in [-0.39, 0.29) is 20.0 Å². The van der Waals surface area contributed by atoms with Crippen LogP contribution in [0.1, 0.15) is 30.6 Å². The van der Waals surface area contributed by atoms with Crippen LogP contribution in [0.5, 0.6) is 0 Å². The molecule has 112 valence electrons. The summed E-state index contributed by atoms with van der Waals surface area (Å²) in [6.45, 7) is 4.57. The molecule has 0 saturated heterocycles. The Balaban J connectivity index is 3.04. The van der Waals surface area contributed by atoms with Crippen LogP contribution in [0.15, 0.2) is 21.5 Å². The van der Waals surface area contributed by atoms with Crippen molar-refractivity contribution in [1.82, 2.24) is 5.32 Å². The second kappa shape index (κ2) is 6.89. The fourth-order valence-corrected chi connectivity index (χ4v) is 3.51. The lowest BCUT2D eigenvalue weighted by atomic mass is 10.1. The maximum atomic E-state index is 12.0. The van der Waals surface area contributed by atoms with E-state index >= 15 is 0 Å². The second-order valence-electron chi connectivity index (χ2n) is 4.75. The van der Waals surface area contributed by atoms with Crippen molar-refractivity contribution >= 4 is 43.5 Å². The summed E-state index contributed by atoms with van der Waals surface area (Å²) in [5.74, 6) is 0.0312. The number of sulfonamides is 1. The zero-order valence-electron chi connectivity index (χ0n) is 11.1. The molecule has 1 rings (SSSR count). The molecule has 0 fully saturated rings. The first kappa shape index (κ1) is 17.4. The van der Waals surface area contributed by atoms with Crippen molar-refractivity contribution < 1.29 is 13.2 Å². The summed E-state index contributed by atoms with van der Waals surface area (Å²) in [6, 6.07) is 2.52. The standard InChI is InChI=1S/C12H16BrClN2O3S/c1-7(2)3-4-16-12(17)8-5-11(20(15,18)19)9(13)6-10(8)14/h5-7H,3-4H2,1-2H3,(H,16,17)(H2,15,18,19). The van der Waals surface area contributed by atoms with Crippen LogP contribution in [-0.4, -0.2) is 20.9 Å². The summed E-state index contributed by atoms with van der Waals surface area (Å²) < 4.78 is 23.1. The number of amides is 1. The first-order valence-electron chi connectivity index (χ1n) is 5.93. The summed E-state index contributed by atoms with van der Waals surface area (Å²) in [5, 5.41) is 7.94. The van der Waals surface area contributed by atoms with Crippen molar-refractivity contribution in [3.63, 3.8) is 0 Å². The number of nitrogens with one attached hydrogen (secondary N) is 1. The highest BCUT2D eigenvalue weighted by Gasteiger charge is 2.19. The predicted molar refractivity (Wildman–Crippen MR) is 82.3 cm³/mol. The van der Waals surface area contributed by atoms with E-state index in [2.05, 4.69) is 21.2 Å². The molecule has 0 aliphatic heterocycles. The van der Waals surface area contributed by atoms with E-state index in [0.29, 0.717) is 12.5 Å². The number of hydrogen-bond acceptors (Lipinski definition) is 3. The number of carbonyl (C=O) groups is 1. The lowest BCUT2D eigenvalue weighted by Gasteiger charge is -2.10. The third-order valence-electron chi connectivity index (χ3n) is 2.58. The molecule has 0 aliphatic carbocycles. The number of rotatable bonds is 5. The van der Waals surface area contributed by atoms with Gasteiger partial charge in [-0.25, -0.2) is 13.6 Å². The second-order valence-corrected chi connectivity index (χ2v) is 7.54. The number of carbonyl (C=O) groups excluding carboxylic acids is 1. The van der Waals surface area contributed by atoms with Gasteiger partial charge in [0.25, 0.3) is 5.91 Å². The molecule has 0 aliphatic rings. The van der Waals surface area contributed by atoms with Crippen molar-refractivity contribution in [3.05, 3.63) is 27.2 Å². The third kappa shape index (κ3) is 4.73. The predicted octanol–water partition coefficient (Wildman–Crippen LogP) is 2.53. The maximum absolute atomic E-state index is 12.0. The van der Waals surface area contributed by atoms with Crippen LogP contribution in [-0.2, 0) is 10.0 Å². The molecule has 0 radical (unpaired) electrons. The molecule has 1 amide bonds. The van der Waals surface area contributed by atoms with Gasteiger partial charge in [-0.05, 0) is 40.4 Å². The molecular formula is C12H16BrClN2O3S. The summed E-state index contributed by atoms with van der Waals surface area (Å²) in [4.78, 5) is 11.8. The van der Waals surface area contributed by atoms with Gasteiger partial charge in [-0.15, -0.1) is 0 Å². The van der Waals surface area contributed by atoms with E-state index < -0.39 is 15.9 Å². The van der Waals surface area contributed by atoms with Crippen LogP contribution < -0.4 is 10.5 Å². The highest BCUT2D eigenvalue weighted by atomic mass is 79.9. The normalized spacial score (nSPS) is 11.7. The summed E-state index contributed by atoms with van der Waals surface area (Å²) >= 11 is 9.02. The smallest absolute Gasteiger partial charge is 0.252 e.